The fourth-order valence-electron chi connectivity index (χ4n) is 1.13. The molecule has 0 bridgehead atoms. The molecule has 0 saturated heterocycles. The SMILES string of the molecule is COC(=O)c1cnc(N)c(C=CCCBr)c1. The van der Waals surface area contributed by atoms with Gasteiger partial charge in [-0.1, -0.05) is 28.1 Å². The number of carbonyl (C=O) groups is 1. The van der Waals surface area contributed by atoms with E-state index in [-0.39, 0.29) is 0 Å². The standard InChI is InChI=1S/C11H13BrN2O2/c1-16-11(15)9-6-8(4-2-3-5-12)10(13)14-7-9/h2,4,6-7H,3,5H2,1H3,(H2,13,14). The monoisotopic (exact) mass is 284 g/mol. The Morgan fingerprint density at radius 3 is 3.06 bits per heavy atom. The quantitative estimate of drug-likeness (QED) is 0.680. The van der Waals surface area contributed by atoms with Gasteiger partial charge in [-0.15, -0.1) is 0 Å². The first-order chi connectivity index (χ1) is 7.69. The molecule has 0 saturated carbocycles. The number of esters is 1. The Labute approximate surface area is 103 Å². The molecule has 0 amide bonds. The summed E-state index contributed by atoms with van der Waals surface area (Å²) in [5.74, 6) is -0.0129. The molecular formula is C11H13BrN2O2. The highest BCUT2D eigenvalue weighted by molar-refractivity contribution is 9.09. The first-order valence-corrected chi connectivity index (χ1v) is 5.87. The van der Waals surface area contributed by atoms with Gasteiger partial charge in [0.1, 0.15) is 5.82 Å². The fraction of sp³-hybridized carbons (Fsp3) is 0.273. The molecule has 0 atom stereocenters. The van der Waals surface area contributed by atoms with Crippen LogP contribution in [0.2, 0.25) is 0 Å². The van der Waals surface area contributed by atoms with E-state index in [9.17, 15) is 4.79 Å². The number of carbonyl (C=O) groups excluding carboxylic acids is 1. The predicted octanol–water partition coefficient (Wildman–Crippen LogP) is 2.25. The van der Waals surface area contributed by atoms with Gasteiger partial charge < -0.3 is 10.5 Å². The maximum atomic E-state index is 11.3. The second-order valence-electron chi connectivity index (χ2n) is 3.07. The van der Waals surface area contributed by atoms with Gasteiger partial charge in [0, 0.05) is 17.1 Å². The topological polar surface area (TPSA) is 65.2 Å². The molecule has 0 fully saturated rings. The third-order valence-corrected chi connectivity index (χ3v) is 2.40. The molecule has 16 heavy (non-hydrogen) atoms. The van der Waals surface area contributed by atoms with Crippen molar-refractivity contribution < 1.29 is 9.53 Å². The molecule has 5 heteroatoms. The van der Waals surface area contributed by atoms with Crippen molar-refractivity contribution in [3.8, 4) is 0 Å². The third-order valence-electron chi connectivity index (χ3n) is 1.94. The normalized spacial score (nSPS) is 10.6. The molecule has 1 heterocycles. The van der Waals surface area contributed by atoms with Crippen molar-refractivity contribution in [1.29, 1.82) is 0 Å². The number of hydrogen-bond acceptors (Lipinski definition) is 4. The maximum Gasteiger partial charge on any atom is 0.339 e. The number of halogens is 1. The van der Waals surface area contributed by atoms with Gasteiger partial charge in [-0.2, -0.15) is 0 Å². The summed E-state index contributed by atoms with van der Waals surface area (Å²) in [5, 5.41) is 0.882. The van der Waals surface area contributed by atoms with Crippen LogP contribution in [-0.2, 0) is 4.74 Å². The number of nitrogens with two attached hydrogens (primary N) is 1. The van der Waals surface area contributed by atoms with Gasteiger partial charge in [0.25, 0.3) is 0 Å². The highest BCUT2D eigenvalue weighted by Crippen LogP contribution is 2.14. The first kappa shape index (κ1) is 12.7. The van der Waals surface area contributed by atoms with Gasteiger partial charge in [-0.3, -0.25) is 0 Å². The van der Waals surface area contributed by atoms with E-state index in [1.54, 1.807) is 6.07 Å². The number of nitrogens with zero attached hydrogens (tertiary/aromatic N) is 1. The van der Waals surface area contributed by atoms with Gasteiger partial charge in [0.2, 0.25) is 0 Å². The van der Waals surface area contributed by atoms with Crippen LogP contribution in [0.1, 0.15) is 22.3 Å². The first-order valence-electron chi connectivity index (χ1n) is 4.75. The summed E-state index contributed by atoms with van der Waals surface area (Å²) in [6.07, 6.45) is 6.10. The largest absolute Gasteiger partial charge is 0.465 e. The number of hydrogen-bond donors (Lipinski definition) is 1. The van der Waals surface area contributed by atoms with E-state index in [0.29, 0.717) is 11.4 Å². The number of allylic oxidation sites excluding steroid dienone is 1. The van der Waals surface area contributed by atoms with Crippen molar-refractivity contribution in [2.75, 3.05) is 18.2 Å². The number of aromatic nitrogens is 1. The van der Waals surface area contributed by atoms with Crippen LogP contribution in [-0.4, -0.2) is 23.4 Å². The van der Waals surface area contributed by atoms with E-state index in [4.69, 9.17) is 5.73 Å². The van der Waals surface area contributed by atoms with Gasteiger partial charge in [0.15, 0.2) is 0 Å². The Morgan fingerprint density at radius 2 is 2.44 bits per heavy atom. The Bertz CT molecular complexity index is 405. The Morgan fingerprint density at radius 1 is 1.69 bits per heavy atom. The molecule has 0 unspecified atom stereocenters. The zero-order chi connectivity index (χ0) is 12.0. The lowest BCUT2D eigenvalue weighted by molar-refractivity contribution is 0.0600. The average Bonchev–Trinajstić information content (AvgIpc) is 2.31. The molecule has 1 aromatic rings. The summed E-state index contributed by atoms with van der Waals surface area (Å²) in [6, 6.07) is 1.67. The van der Waals surface area contributed by atoms with E-state index in [1.165, 1.54) is 13.3 Å². The molecule has 0 aliphatic rings. The lowest BCUT2D eigenvalue weighted by Gasteiger charge is -2.02. The number of methoxy groups -OCH3 is 1. The molecule has 0 radical (unpaired) electrons. The molecular weight excluding hydrogens is 272 g/mol. The number of alkyl halides is 1. The molecule has 0 aromatic carbocycles. The minimum Gasteiger partial charge on any atom is -0.465 e. The highest BCUT2D eigenvalue weighted by Gasteiger charge is 2.07. The Kier molecular flexibility index (Phi) is 4.98. The van der Waals surface area contributed by atoms with Crippen LogP contribution in [0.4, 0.5) is 5.82 Å². The van der Waals surface area contributed by atoms with Gasteiger partial charge in [-0.25, -0.2) is 9.78 Å². The molecule has 4 nitrogen and oxygen atoms in total. The van der Waals surface area contributed by atoms with E-state index >= 15 is 0 Å². The lowest BCUT2D eigenvalue weighted by Crippen LogP contribution is -2.04. The van der Waals surface area contributed by atoms with E-state index in [2.05, 4.69) is 25.7 Å². The van der Waals surface area contributed by atoms with Crippen molar-refractivity contribution >= 4 is 33.8 Å². The van der Waals surface area contributed by atoms with Crippen LogP contribution in [0.5, 0.6) is 0 Å². The highest BCUT2D eigenvalue weighted by atomic mass is 79.9. The van der Waals surface area contributed by atoms with Crippen LogP contribution >= 0.6 is 15.9 Å². The van der Waals surface area contributed by atoms with Crippen molar-refractivity contribution in [3.63, 3.8) is 0 Å². The number of nitrogen functional groups attached to an aromatic ring is 1. The summed E-state index contributed by atoms with van der Waals surface area (Å²) in [5.41, 5.74) is 6.81. The van der Waals surface area contributed by atoms with E-state index in [0.717, 1.165) is 17.3 Å². The van der Waals surface area contributed by atoms with Crippen LogP contribution in [0, 0.1) is 0 Å². The molecule has 0 spiro atoms. The third kappa shape index (κ3) is 3.34. The maximum absolute atomic E-state index is 11.3. The number of pyridine rings is 1. The van der Waals surface area contributed by atoms with Crippen LogP contribution in [0.25, 0.3) is 6.08 Å². The second-order valence-corrected chi connectivity index (χ2v) is 3.86. The minimum atomic E-state index is -0.414. The molecule has 1 aromatic heterocycles. The van der Waals surface area contributed by atoms with Crippen molar-refractivity contribution in [2.45, 2.75) is 6.42 Å². The minimum absolute atomic E-state index is 0.398. The molecule has 86 valence electrons. The van der Waals surface area contributed by atoms with Crippen LogP contribution in [0.15, 0.2) is 18.3 Å². The number of ether oxygens (including phenoxy) is 1. The second kappa shape index (κ2) is 6.27. The molecule has 0 aliphatic heterocycles. The van der Waals surface area contributed by atoms with E-state index in [1.807, 2.05) is 12.2 Å². The number of rotatable bonds is 4. The lowest BCUT2D eigenvalue weighted by atomic mass is 10.1. The van der Waals surface area contributed by atoms with Gasteiger partial charge >= 0.3 is 5.97 Å². The summed E-state index contributed by atoms with van der Waals surface area (Å²) in [7, 11) is 1.33. The number of anilines is 1. The van der Waals surface area contributed by atoms with Crippen molar-refractivity contribution in [1.82, 2.24) is 4.98 Å². The zero-order valence-corrected chi connectivity index (χ0v) is 10.5. The Hall–Kier alpha value is -1.36. The predicted molar refractivity (Wildman–Crippen MR) is 67.4 cm³/mol. The van der Waals surface area contributed by atoms with Crippen molar-refractivity contribution in [3.05, 3.63) is 29.5 Å². The average molecular weight is 285 g/mol. The zero-order valence-electron chi connectivity index (χ0n) is 8.94. The smallest absolute Gasteiger partial charge is 0.339 e. The van der Waals surface area contributed by atoms with Gasteiger partial charge in [-0.05, 0) is 12.5 Å². The summed E-state index contributed by atoms with van der Waals surface area (Å²) in [6.45, 7) is 0. The van der Waals surface area contributed by atoms with Crippen LogP contribution < -0.4 is 5.73 Å². The molecule has 1 rings (SSSR count). The fourth-order valence-corrected chi connectivity index (χ4v) is 1.39. The summed E-state index contributed by atoms with van der Waals surface area (Å²) >= 11 is 3.32. The van der Waals surface area contributed by atoms with Gasteiger partial charge in [0.05, 0.1) is 12.7 Å². The Balaban J connectivity index is 2.94. The van der Waals surface area contributed by atoms with Crippen molar-refractivity contribution in [2.24, 2.45) is 0 Å². The molecule has 2 N–H and O–H groups in total. The van der Waals surface area contributed by atoms with Crippen LogP contribution in [0.3, 0.4) is 0 Å². The summed E-state index contributed by atoms with van der Waals surface area (Å²) < 4.78 is 4.61. The van der Waals surface area contributed by atoms with E-state index < -0.39 is 5.97 Å². The molecule has 0 aliphatic carbocycles. The summed E-state index contributed by atoms with van der Waals surface area (Å²) in [4.78, 5) is 15.2.